The van der Waals surface area contributed by atoms with Crippen LogP contribution in [0.5, 0.6) is 0 Å². The molecule has 0 aromatic carbocycles. The first-order chi connectivity index (χ1) is 3.00. The molecule has 3 heteroatoms. The minimum atomic E-state index is 0. The molecule has 0 saturated heterocycles. The minimum Gasteiger partial charge on any atom is -0.268 e. The second-order valence-corrected chi connectivity index (χ2v) is 0.853. The van der Waals surface area contributed by atoms with E-state index in [0.717, 1.165) is 0 Å². The predicted molar refractivity (Wildman–Crippen MR) is 20.9 cm³/mol. The van der Waals surface area contributed by atoms with E-state index in [1.54, 1.807) is 18.3 Å². The van der Waals surface area contributed by atoms with Gasteiger partial charge in [0.05, 0.1) is 0 Å². The molecule has 30 valence electrons. The van der Waals surface area contributed by atoms with Crippen LogP contribution in [-0.2, 0) is 0 Å². The van der Waals surface area contributed by atoms with Crippen LogP contribution in [-0.4, -0.2) is 10.2 Å². The summed E-state index contributed by atoms with van der Waals surface area (Å²) in [6.07, 6.45) is 4.14. The minimum absolute atomic E-state index is 0. The topological polar surface area (TPSA) is 25.8 Å². The van der Waals surface area contributed by atoms with Gasteiger partial charge in [-0.2, -0.15) is 11.2 Å². The van der Waals surface area contributed by atoms with Gasteiger partial charge < -0.3 is 0 Å². The fourth-order valence-corrected chi connectivity index (χ4v) is 0.225. The Hall–Kier alpha value is 0.716. The third-order valence-electron chi connectivity index (χ3n) is 0.439. The largest absolute Gasteiger partial charge is 1.00 e. The molecular formula is C4H3KN2. The quantitative estimate of drug-likeness (QED) is 0.273. The summed E-state index contributed by atoms with van der Waals surface area (Å²) in [4.78, 5) is 0. The van der Waals surface area contributed by atoms with Gasteiger partial charge in [0, 0.05) is 0 Å². The van der Waals surface area contributed by atoms with E-state index >= 15 is 0 Å². The van der Waals surface area contributed by atoms with Gasteiger partial charge in [-0.05, 0) is 6.20 Å². The van der Waals surface area contributed by atoms with Crippen LogP contribution in [0, 0.1) is 6.20 Å². The van der Waals surface area contributed by atoms with Crippen LogP contribution in [0.15, 0.2) is 18.3 Å². The molecule has 0 aliphatic heterocycles. The van der Waals surface area contributed by atoms with E-state index in [4.69, 9.17) is 0 Å². The molecular weight excluding hydrogens is 115 g/mol. The molecule has 1 heterocycles. The summed E-state index contributed by atoms with van der Waals surface area (Å²) in [5.41, 5.74) is 0. The van der Waals surface area contributed by atoms with Crippen molar-refractivity contribution in [2.75, 3.05) is 0 Å². The third-order valence-corrected chi connectivity index (χ3v) is 0.439. The van der Waals surface area contributed by atoms with Crippen molar-refractivity contribution in [3.05, 3.63) is 24.5 Å². The van der Waals surface area contributed by atoms with Gasteiger partial charge in [-0.15, -0.1) is 6.20 Å². The Kier molecular flexibility index (Phi) is 5.36. The maximum atomic E-state index is 3.48. The maximum Gasteiger partial charge on any atom is 1.00 e. The van der Waals surface area contributed by atoms with Crippen LogP contribution in [0.1, 0.15) is 0 Å². The van der Waals surface area contributed by atoms with E-state index in [1.807, 2.05) is 0 Å². The van der Waals surface area contributed by atoms with E-state index in [0.29, 0.717) is 0 Å². The average Bonchev–Trinajstić information content (AvgIpc) is 1.72. The molecule has 0 aliphatic rings. The van der Waals surface area contributed by atoms with Crippen LogP contribution in [0.25, 0.3) is 0 Å². The molecule has 0 saturated carbocycles. The first-order valence-corrected chi connectivity index (χ1v) is 1.64. The Bertz CT molecular complexity index is 81.6. The summed E-state index contributed by atoms with van der Waals surface area (Å²) in [7, 11) is 0. The van der Waals surface area contributed by atoms with Gasteiger partial charge >= 0.3 is 51.4 Å². The molecule has 0 N–H and O–H groups in total. The molecule has 1 rings (SSSR count). The van der Waals surface area contributed by atoms with Crippen LogP contribution in [0.3, 0.4) is 0 Å². The molecule has 1 aromatic rings. The van der Waals surface area contributed by atoms with Crippen molar-refractivity contribution < 1.29 is 51.4 Å². The zero-order valence-electron chi connectivity index (χ0n) is 4.13. The van der Waals surface area contributed by atoms with Crippen LogP contribution >= 0.6 is 0 Å². The van der Waals surface area contributed by atoms with Crippen molar-refractivity contribution >= 4 is 0 Å². The van der Waals surface area contributed by atoms with Crippen molar-refractivity contribution in [3.8, 4) is 0 Å². The number of nitrogens with zero attached hydrogens (tertiary/aromatic N) is 2. The van der Waals surface area contributed by atoms with Crippen LogP contribution in [0.4, 0.5) is 0 Å². The van der Waals surface area contributed by atoms with Gasteiger partial charge in [0.25, 0.3) is 0 Å². The van der Waals surface area contributed by atoms with Crippen molar-refractivity contribution in [3.63, 3.8) is 0 Å². The second kappa shape index (κ2) is 4.87. The zero-order valence-corrected chi connectivity index (χ0v) is 7.25. The van der Waals surface area contributed by atoms with Gasteiger partial charge in [-0.3, -0.25) is 5.10 Å². The number of rotatable bonds is 0. The van der Waals surface area contributed by atoms with E-state index in [-0.39, 0.29) is 51.4 Å². The average molecular weight is 118 g/mol. The first-order valence-electron chi connectivity index (χ1n) is 1.64. The number of aromatic nitrogens is 2. The summed E-state index contributed by atoms with van der Waals surface area (Å²) >= 11 is 0. The molecule has 0 radical (unpaired) electrons. The molecule has 1 aromatic heterocycles. The molecule has 0 fully saturated rings. The van der Waals surface area contributed by atoms with Crippen LogP contribution < -0.4 is 51.4 Å². The standard InChI is InChI=1S/C4H3N2.K/c1-2-4-6-5-3-1;/h1-3H;/q-1;+1. The van der Waals surface area contributed by atoms with E-state index in [1.165, 1.54) is 0 Å². The number of hydrogen-bond donors (Lipinski definition) is 0. The summed E-state index contributed by atoms with van der Waals surface area (Å²) in [6, 6.07) is 3.47. The number of hydrogen-bond acceptors (Lipinski definition) is 2. The molecule has 7 heavy (non-hydrogen) atoms. The van der Waals surface area contributed by atoms with Crippen molar-refractivity contribution in [1.82, 2.24) is 10.2 Å². The van der Waals surface area contributed by atoms with E-state index in [2.05, 4.69) is 16.4 Å². The second-order valence-electron chi connectivity index (χ2n) is 0.853. The molecule has 0 unspecified atom stereocenters. The summed E-state index contributed by atoms with van der Waals surface area (Å²) in [5, 5.41) is 6.89. The van der Waals surface area contributed by atoms with Gasteiger partial charge in [-0.1, -0.05) is 0 Å². The van der Waals surface area contributed by atoms with Gasteiger partial charge in [0.15, 0.2) is 0 Å². The predicted octanol–water partition coefficient (Wildman–Crippen LogP) is -2.72. The Morgan fingerprint density at radius 3 is 2.43 bits per heavy atom. The zero-order chi connectivity index (χ0) is 4.24. The normalized spacial score (nSPS) is 6.86. The first kappa shape index (κ1) is 7.72. The summed E-state index contributed by atoms with van der Waals surface area (Å²) < 4.78 is 0. The summed E-state index contributed by atoms with van der Waals surface area (Å²) in [6.45, 7) is 0. The monoisotopic (exact) mass is 118 g/mol. The Morgan fingerprint density at radius 1 is 1.43 bits per heavy atom. The van der Waals surface area contributed by atoms with Gasteiger partial charge in [0.2, 0.25) is 0 Å². The fraction of sp³-hybridized carbons (Fsp3) is 0. The Balaban J connectivity index is 0.000000360. The van der Waals surface area contributed by atoms with Crippen molar-refractivity contribution in [2.45, 2.75) is 0 Å². The summed E-state index contributed by atoms with van der Waals surface area (Å²) in [5.74, 6) is 0. The maximum absolute atomic E-state index is 3.48. The smallest absolute Gasteiger partial charge is 0.268 e. The molecule has 2 nitrogen and oxygen atoms in total. The molecule has 0 bridgehead atoms. The third kappa shape index (κ3) is 3.31. The van der Waals surface area contributed by atoms with Gasteiger partial charge in [0.1, 0.15) is 0 Å². The Morgan fingerprint density at radius 2 is 2.29 bits per heavy atom. The molecule has 0 amide bonds. The van der Waals surface area contributed by atoms with E-state index < -0.39 is 0 Å². The molecule has 0 spiro atoms. The van der Waals surface area contributed by atoms with E-state index in [9.17, 15) is 0 Å². The van der Waals surface area contributed by atoms with Crippen molar-refractivity contribution in [1.29, 1.82) is 0 Å². The molecule has 0 aliphatic carbocycles. The van der Waals surface area contributed by atoms with Crippen LogP contribution in [0.2, 0.25) is 0 Å². The Labute approximate surface area is 84.8 Å². The fourth-order valence-electron chi connectivity index (χ4n) is 0.225. The molecule has 0 atom stereocenters. The SMILES string of the molecule is [K+].[c-]1cccnn1. The van der Waals surface area contributed by atoms with Gasteiger partial charge in [-0.25, -0.2) is 6.07 Å². The van der Waals surface area contributed by atoms with Crippen molar-refractivity contribution in [2.24, 2.45) is 0 Å².